The summed E-state index contributed by atoms with van der Waals surface area (Å²) in [6.45, 7) is 1.69. The molecule has 2 heterocycles. The van der Waals surface area contributed by atoms with Gasteiger partial charge in [-0.25, -0.2) is 0 Å². The van der Waals surface area contributed by atoms with Crippen molar-refractivity contribution in [3.8, 4) is 0 Å². The van der Waals surface area contributed by atoms with E-state index < -0.39 is 6.04 Å². The van der Waals surface area contributed by atoms with E-state index in [0.29, 0.717) is 19.1 Å². The van der Waals surface area contributed by atoms with E-state index in [1.807, 2.05) is 24.1 Å². The topological polar surface area (TPSA) is 84.6 Å². The van der Waals surface area contributed by atoms with E-state index in [2.05, 4.69) is 15.1 Å². The Bertz CT molecular complexity index is 448. The van der Waals surface area contributed by atoms with Crippen molar-refractivity contribution >= 4 is 11.7 Å². The van der Waals surface area contributed by atoms with Crippen LogP contribution in [-0.2, 0) is 9.53 Å². The minimum Gasteiger partial charge on any atom is -0.383 e. The Morgan fingerprint density at radius 3 is 2.86 bits per heavy atom. The van der Waals surface area contributed by atoms with Crippen molar-refractivity contribution < 1.29 is 9.53 Å². The molecule has 0 spiro atoms. The molecule has 1 aliphatic heterocycles. The highest BCUT2D eigenvalue weighted by Gasteiger charge is 2.28. The van der Waals surface area contributed by atoms with Gasteiger partial charge in [-0.3, -0.25) is 4.79 Å². The molecule has 1 saturated heterocycles. The summed E-state index contributed by atoms with van der Waals surface area (Å²) in [5.41, 5.74) is 5.80. The molecule has 7 heteroatoms. The maximum Gasteiger partial charge on any atom is 0.241 e. The first kappa shape index (κ1) is 15.7. The monoisotopic (exact) mass is 293 g/mol. The Hall–Kier alpha value is -1.73. The second-order valence-corrected chi connectivity index (χ2v) is 5.31. The third-order valence-corrected chi connectivity index (χ3v) is 3.91. The molecule has 2 rings (SSSR count). The lowest BCUT2D eigenvalue weighted by molar-refractivity contribution is -0.134. The number of hydrogen-bond acceptors (Lipinski definition) is 6. The SMILES string of the molecule is COCC(N)C(=O)N1CCC(N(C)c2cccnn2)CC1. The van der Waals surface area contributed by atoms with Gasteiger partial charge in [-0.1, -0.05) is 0 Å². The second kappa shape index (κ2) is 7.33. The first-order valence-corrected chi connectivity index (χ1v) is 7.17. The van der Waals surface area contributed by atoms with Gasteiger partial charge in [0.25, 0.3) is 0 Å². The number of carbonyl (C=O) groups is 1. The van der Waals surface area contributed by atoms with E-state index in [1.54, 1.807) is 13.3 Å². The van der Waals surface area contributed by atoms with Gasteiger partial charge in [0.15, 0.2) is 5.82 Å². The van der Waals surface area contributed by atoms with Gasteiger partial charge in [0.05, 0.1) is 6.61 Å². The van der Waals surface area contributed by atoms with Crippen LogP contribution in [0.25, 0.3) is 0 Å². The van der Waals surface area contributed by atoms with Crippen LogP contribution in [0.5, 0.6) is 0 Å². The normalized spacial score (nSPS) is 17.6. The van der Waals surface area contributed by atoms with E-state index in [9.17, 15) is 4.79 Å². The number of amides is 1. The number of ether oxygens (including phenoxy) is 1. The summed E-state index contributed by atoms with van der Waals surface area (Å²) in [4.78, 5) is 16.1. The smallest absolute Gasteiger partial charge is 0.241 e. The van der Waals surface area contributed by atoms with Crippen LogP contribution in [0, 0.1) is 0 Å². The lowest BCUT2D eigenvalue weighted by Crippen LogP contribution is -2.51. The van der Waals surface area contributed by atoms with Crippen LogP contribution in [0.15, 0.2) is 18.3 Å². The van der Waals surface area contributed by atoms with Crippen molar-refractivity contribution in [1.82, 2.24) is 15.1 Å². The van der Waals surface area contributed by atoms with Gasteiger partial charge < -0.3 is 20.3 Å². The first-order valence-electron chi connectivity index (χ1n) is 7.17. The molecule has 1 aliphatic rings. The van der Waals surface area contributed by atoms with Crippen LogP contribution in [0.2, 0.25) is 0 Å². The molecule has 0 saturated carbocycles. The number of hydrogen-bond donors (Lipinski definition) is 1. The van der Waals surface area contributed by atoms with E-state index >= 15 is 0 Å². The minimum absolute atomic E-state index is 0.0301. The summed E-state index contributed by atoms with van der Waals surface area (Å²) >= 11 is 0. The largest absolute Gasteiger partial charge is 0.383 e. The average molecular weight is 293 g/mol. The van der Waals surface area contributed by atoms with Crippen molar-refractivity contribution in [2.45, 2.75) is 24.9 Å². The fourth-order valence-corrected chi connectivity index (χ4v) is 2.63. The van der Waals surface area contributed by atoms with E-state index in [4.69, 9.17) is 10.5 Å². The number of rotatable bonds is 5. The molecule has 1 fully saturated rings. The number of piperidine rings is 1. The summed E-state index contributed by atoms with van der Waals surface area (Å²) in [6.07, 6.45) is 3.47. The fraction of sp³-hybridized carbons (Fsp3) is 0.643. The molecular weight excluding hydrogens is 270 g/mol. The first-order chi connectivity index (χ1) is 10.1. The number of nitrogens with two attached hydrogens (primary N) is 1. The Balaban J connectivity index is 1.87. The lowest BCUT2D eigenvalue weighted by atomic mass is 10.0. The van der Waals surface area contributed by atoms with E-state index in [-0.39, 0.29) is 12.5 Å². The molecule has 0 bridgehead atoms. The summed E-state index contributed by atoms with van der Waals surface area (Å²) in [6, 6.07) is 3.62. The quantitative estimate of drug-likeness (QED) is 0.814. The highest BCUT2D eigenvalue weighted by Crippen LogP contribution is 2.20. The van der Waals surface area contributed by atoms with Crippen LogP contribution in [0.4, 0.5) is 5.82 Å². The minimum atomic E-state index is -0.565. The predicted octanol–water partition coefficient (Wildman–Crippen LogP) is -0.122. The number of anilines is 1. The molecule has 21 heavy (non-hydrogen) atoms. The number of carbonyl (C=O) groups excluding carboxylic acids is 1. The third kappa shape index (κ3) is 3.89. The van der Waals surface area contributed by atoms with Gasteiger partial charge in [-0.2, -0.15) is 5.10 Å². The second-order valence-electron chi connectivity index (χ2n) is 5.31. The summed E-state index contributed by atoms with van der Waals surface area (Å²) in [7, 11) is 3.57. The van der Waals surface area contributed by atoms with Crippen LogP contribution >= 0.6 is 0 Å². The van der Waals surface area contributed by atoms with Gasteiger partial charge in [0.2, 0.25) is 5.91 Å². The molecule has 0 aromatic carbocycles. The molecule has 1 atom stereocenters. The molecular formula is C14H23N5O2. The predicted molar refractivity (Wildman–Crippen MR) is 79.9 cm³/mol. The molecule has 1 amide bonds. The molecule has 7 nitrogen and oxygen atoms in total. The maximum absolute atomic E-state index is 12.1. The van der Waals surface area contributed by atoms with E-state index in [1.165, 1.54) is 0 Å². The summed E-state index contributed by atoms with van der Waals surface area (Å²) in [5.74, 6) is 0.829. The highest BCUT2D eigenvalue weighted by molar-refractivity contribution is 5.81. The standard InChI is InChI=1S/C14H23N5O2/c1-18(13-4-3-7-16-17-13)11-5-8-19(9-6-11)14(20)12(15)10-21-2/h3-4,7,11-12H,5-6,8-10,15H2,1-2H3. The van der Waals surface area contributed by atoms with Gasteiger partial charge in [0, 0.05) is 39.5 Å². The maximum atomic E-state index is 12.1. The van der Waals surface area contributed by atoms with Gasteiger partial charge in [0.1, 0.15) is 6.04 Å². The Labute approximate surface area is 125 Å². The molecule has 0 radical (unpaired) electrons. The zero-order chi connectivity index (χ0) is 15.2. The third-order valence-electron chi connectivity index (χ3n) is 3.91. The van der Waals surface area contributed by atoms with Crippen molar-refractivity contribution in [1.29, 1.82) is 0 Å². The van der Waals surface area contributed by atoms with Crippen molar-refractivity contribution in [2.75, 3.05) is 38.8 Å². The lowest BCUT2D eigenvalue weighted by Gasteiger charge is -2.37. The number of methoxy groups -OCH3 is 1. The molecule has 1 unspecified atom stereocenters. The van der Waals surface area contributed by atoms with E-state index in [0.717, 1.165) is 18.7 Å². The highest BCUT2D eigenvalue weighted by atomic mass is 16.5. The zero-order valence-electron chi connectivity index (χ0n) is 12.6. The molecule has 2 N–H and O–H groups in total. The van der Waals surface area contributed by atoms with Crippen LogP contribution < -0.4 is 10.6 Å². The van der Waals surface area contributed by atoms with Crippen LogP contribution in [0.1, 0.15) is 12.8 Å². The summed E-state index contributed by atoms with van der Waals surface area (Å²) < 4.78 is 4.94. The molecule has 1 aromatic heterocycles. The molecule has 116 valence electrons. The molecule has 1 aromatic rings. The van der Waals surface area contributed by atoms with Gasteiger partial charge in [-0.05, 0) is 25.0 Å². The Kier molecular flexibility index (Phi) is 5.46. The number of aromatic nitrogens is 2. The number of nitrogens with zero attached hydrogens (tertiary/aromatic N) is 4. The summed E-state index contributed by atoms with van der Waals surface area (Å²) in [5, 5.41) is 8.02. The number of likely N-dealkylation sites (tertiary alicyclic amines) is 1. The molecule has 0 aliphatic carbocycles. The average Bonchev–Trinajstić information content (AvgIpc) is 2.54. The van der Waals surface area contributed by atoms with Crippen molar-refractivity contribution in [3.63, 3.8) is 0 Å². The zero-order valence-corrected chi connectivity index (χ0v) is 12.6. The van der Waals surface area contributed by atoms with Crippen LogP contribution in [0.3, 0.4) is 0 Å². The Morgan fingerprint density at radius 1 is 1.57 bits per heavy atom. The van der Waals surface area contributed by atoms with Crippen molar-refractivity contribution in [2.24, 2.45) is 5.73 Å². The fourth-order valence-electron chi connectivity index (χ4n) is 2.63. The Morgan fingerprint density at radius 2 is 2.29 bits per heavy atom. The van der Waals surface area contributed by atoms with Gasteiger partial charge >= 0.3 is 0 Å². The van der Waals surface area contributed by atoms with Crippen LogP contribution in [-0.4, -0.2) is 66.9 Å². The van der Waals surface area contributed by atoms with Gasteiger partial charge in [-0.15, -0.1) is 5.10 Å². The van der Waals surface area contributed by atoms with Crippen molar-refractivity contribution in [3.05, 3.63) is 18.3 Å².